The molecule has 0 bridgehead atoms. The van der Waals surface area contributed by atoms with Crippen molar-refractivity contribution in [3.63, 3.8) is 0 Å². The molecule has 2 heterocycles. The van der Waals surface area contributed by atoms with Gasteiger partial charge in [-0.1, -0.05) is 24.3 Å². The molecule has 0 radical (unpaired) electrons. The summed E-state index contributed by atoms with van der Waals surface area (Å²) in [6.45, 7) is 3.79. The van der Waals surface area contributed by atoms with E-state index in [1.54, 1.807) is 11.3 Å². The van der Waals surface area contributed by atoms with Crippen LogP contribution in [0.2, 0.25) is 0 Å². The standard InChI is InChI=1S/C20H23N3OS/c1-13-7-3-4-8-14(13)11-23(2)12-17-21-19(24)18-15-9-5-6-10-16(15)25-20(18)22-17/h3-4,7-8H,5-6,9-12H2,1-2H3,(H,21,22,24)/p+1. The van der Waals surface area contributed by atoms with E-state index in [-0.39, 0.29) is 5.56 Å². The van der Waals surface area contributed by atoms with Gasteiger partial charge in [0.15, 0.2) is 5.82 Å². The number of rotatable bonds is 4. The average molecular weight is 354 g/mol. The quantitative estimate of drug-likeness (QED) is 0.756. The molecule has 1 aromatic carbocycles. The third kappa shape index (κ3) is 3.26. The van der Waals surface area contributed by atoms with Gasteiger partial charge in [-0.05, 0) is 43.7 Å². The van der Waals surface area contributed by atoms with Crippen LogP contribution in [-0.2, 0) is 25.9 Å². The predicted molar refractivity (Wildman–Crippen MR) is 102 cm³/mol. The minimum absolute atomic E-state index is 0.0445. The van der Waals surface area contributed by atoms with Gasteiger partial charge < -0.3 is 9.88 Å². The number of aryl methyl sites for hydroxylation is 3. The van der Waals surface area contributed by atoms with Gasteiger partial charge in [0.25, 0.3) is 5.56 Å². The molecule has 0 amide bonds. The Labute approximate surface area is 151 Å². The van der Waals surface area contributed by atoms with Crippen LogP contribution in [-0.4, -0.2) is 17.0 Å². The average Bonchev–Trinajstić information content (AvgIpc) is 2.95. The first-order chi connectivity index (χ1) is 12.1. The number of quaternary nitrogens is 1. The summed E-state index contributed by atoms with van der Waals surface area (Å²) in [5.74, 6) is 0.794. The maximum Gasteiger partial charge on any atom is 0.260 e. The monoisotopic (exact) mass is 354 g/mol. The van der Waals surface area contributed by atoms with Gasteiger partial charge in [-0.25, -0.2) is 4.98 Å². The molecular weight excluding hydrogens is 330 g/mol. The first kappa shape index (κ1) is 16.5. The zero-order valence-corrected chi connectivity index (χ0v) is 15.6. The summed E-state index contributed by atoms with van der Waals surface area (Å²) in [5.41, 5.74) is 3.95. The minimum Gasteiger partial charge on any atom is -0.327 e. The highest BCUT2D eigenvalue weighted by Crippen LogP contribution is 2.33. The summed E-state index contributed by atoms with van der Waals surface area (Å²) >= 11 is 1.72. The van der Waals surface area contributed by atoms with Gasteiger partial charge in [-0.3, -0.25) is 4.79 Å². The molecule has 0 fully saturated rings. The van der Waals surface area contributed by atoms with Crippen LogP contribution >= 0.6 is 11.3 Å². The molecule has 1 aliphatic rings. The van der Waals surface area contributed by atoms with E-state index < -0.39 is 0 Å². The molecule has 4 rings (SSSR count). The Kier molecular flexibility index (Phi) is 4.44. The fourth-order valence-corrected chi connectivity index (χ4v) is 5.05. The van der Waals surface area contributed by atoms with Crippen molar-refractivity contribution in [1.29, 1.82) is 0 Å². The molecule has 4 nitrogen and oxygen atoms in total. The first-order valence-electron chi connectivity index (χ1n) is 9.01. The van der Waals surface area contributed by atoms with Crippen molar-refractivity contribution in [2.24, 2.45) is 0 Å². The van der Waals surface area contributed by atoms with Crippen LogP contribution in [0.25, 0.3) is 10.2 Å². The molecule has 0 spiro atoms. The molecule has 0 saturated heterocycles. The van der Waals surface area contributed by atoms with E-state index >= 15 is 0 Å². The van der Waals surface area contributed by atoms with Crippen LogP contribution in [0.4, 0.5) is 0 Å². The SMILES string of the molecule is Cc1ccccc1C[NH+](C)Cc1nc2sc3c(c2c(=O)[nH]1)CCCC3. The molecule has 0 aliphatic heterocycles. The highest BCUT2D eigenvalue weighted by Gasteiger charge is 2.20. The van der Waals surface area contributed by atoms with Crippen LogP contribution in [0.1, 0.15) is 40.2 Å². The summed E-state index contributed by atoms with van der Waals surface area (Å²) in [6, 6.07) is 8.47. The first-order valence-corrected chi connectivity index (χ1v) is 9.82. The maximum atomic E-state index is 12.6. The number of aromatic amines is 1. The van der Waals surface area contributed by atoms with Crippen LogP contribution in [0.5, 0.6) is 0 Å². The summed E-state index contributed by atoms with van der Waals surface area (Å²) < 4.78 is 0. The molecular formula is C20H24N3OS+. The van der Waals surface area contributed by atoms with E-state index in [2.05, 4.69) is 43.2 Å². The van der Waals surface area contributed by atoms with Gasteiger partial charge in [-0.15, -0.1) is 11.3 Å². The lowest BCUT2D eigenvalue weighted by Gasteiger charge is -2.15. The molecule has 2 aromatic heterocycles. The van der Waals surface area contributed by atoms with Crippen molar-refractivity contribution in [1.82, 2.24) is 9.97 Å². The second-order valence-corrected chi connectivity index (χ2v) is 8.22. The summed E-state index contributed by atoms with van der Waals surface area (Å²) in [7, 11) is 2.15. The predicted octanol–water partition coefficient (Wildman–Crippen LogP) is 2.39. The van der Waals surface area contributed by atoms with Crippen LogP contribution in [0, 0.1) is 6.92 Å². The van der Waals surface area contributed by atoms with Crippen molar-refractivity contribution < 1.29 is 4.90 Å². The molecule has 1 unspecified atom stereocenters. The Bertz CT molecular complexity index is 973. The second-order valence-electron chi connectivity index (χ2n) is 7.14. The highest BCUT2D eigenvalue weighted by molar-refractivity contribution is 7.18. The van der Waals surface area contributed by atoms with Crippen molar-refractivity contribution in [3.05, 3.63) is 62.0 Å². The molecule has 1 aliphatic carbocycles. The Balaban J connectivity index is 1.59. The lowest BCUT2D eigenvalue weighted by molar-refractivity contribution is -0.908. The minimum atomic E-state index is 0.0445. The van der Waals surface area contributed by atoms with Crippen molar-refractivity contribution >= 4 is 21.6 Å². The van der Waals surface area contributed by atoms with E-state index in [9.17, 15) is 4.79 Å². The summed E-state index contributed by atoms with van der Waals surface area (Å²) in [4.78, 5) is 24.1. The number of aromatic nitrogens is 2. The third-order valence-electron chi connectivity index (χ3n) is 5.10. The fraction of sp³-hybridized carbons (Fsp3) is 0.400. The number of fused-ring (bicyclic) bond motifs is 3. The molecule has 130 valence electrons. The van der Waals surface area contributed by atoms with Crippen LogP contribution in [0.3, 0.4) is 0 Å². The van der Waals surface area contributed by atoms with Gasteiger partial charge in [0, 0.05) is 10.4 Å². The summed E-state index contributed by atoms with van der Waals surface area (Å²) in [6.07, 6.45) is 4.54. The molecule has 1 atom stereocenters. The molecule has 5 heteroatoms. The number of thiophene rings is 1. The third-order valence-corrected chi connectivity index (χ3v) is 6.28. The summed E-state index contributed by atoms with van der Waals surface area (Å²) in [5, 5.41) is 0.847. The van der Waals surface area contributed by atoms with Crippen molar-refractivity contribution in [3.8, 4) is 0 Å². The zero-order chi connectivity index (χ0) is 17.4. The van der Waals surface area contributed by atoms with E-state index in [0.29, 0.717) is 0 Å². The molecule has 0 saturated carbocycles. The van der Waals surface area contributed by atoms with E-state index in [4.69, 9.17) is 4.98 Å². The van der Waals surface area contributed by atoms with E-state index in [1.165, 1.54) is 39.3 Å². The maximum absolute atomic E-state index is 12.6. The Morgan fingerprint density at radius 2 is 2.00 bits per heavy atom. The fourth-order valence-electron chi connectivity index (χ4n) is 3.77. The topological polar surface area (TPSA) is 50.2 Å². The number of nitrogens with zero attached hydrogens (tertiary/aromatic N) is 1. The van der Waals surface area contributed by atoms with Gasteiger partial charge >= 0.3 is 0 Å². The van der Waals surface area contributed by atoms with Crippen LogP contribution in [0.15, 0.2) is 29.1 Å². The van der Waals surface area contributed by atoms with Gasteiger partial charge in [0.05, 0.1) is 12.4 Å². The highest BCUT2D eigenvalue weighted by atomic mass is 32.1. The molecule has 25 heavy (non-hydrogen) atoms. The van der Waals surface area contributed by atoms with Gasteiger partial charge in [0.2, 0.25) is 0 Å². The zero-order valence-electron chi connectivity index (χ0n) is 14.8. The second kappa shape index (κ2) is 6.73. The number of hydrogen-bond donors (Lipinski definition) is 2. The number of hydrogen-bond acceptors (Lipinski definition) is 3. The lowest BCUT2D eigenvalue weighted by Crippen LogP contribution is -3.06. The van der Waals surface area contributed by atoms with Crippen LogP contribution < -0.4 is 10.5 Å². The van der Waals surface area contributed by atoms with Gasteiger partial charge in [0.1, 0.15) is 17.9 Å². The number of benzene rings is 1. The van der Waals surface area contributed by atoms with E-state index in [1.807, 2.05) is 0 Å². The number of H-pyrrole nitrogens is 1. The van der Waals surface area contributed by atoms with Crippen molar-refractivity contribution in [2.45, 2.75) is 45.7 Å². The smallest absolute Gasteiger partial charge is 0.260 e. The van der Waals surface area contributed by atoms with Crippen molar-refractivity contribution in [2.75, 3.05) is 7.05 Å². The Morgan fingerprint density at radius 3 is 2.84 bits per heavy atom. The van der Waals surface area contributed by atoms with Gasteiger partial charge in [-0.2, -0.15) is 0 Å². The van der Waals surface area contributed by atoms with E-state index in [0.717, 1.165) is 42.0 Å². The number of nitrogens with one attached hydrogen (secondary N) is 2. The Morgan fingerprint density at radius 1 is 1.20 bits per heavy atom. The largest absolute Gasteiger partial charge is 0.327 e. The Hall–Kier alpha value is -1.98. The lowest BCUT2D eigenvalue weighted by atomic mass is 9.97. The molecule has 3 aromatic rings. The normalized spacial score (nSPS) is 15.3. The molecule has 2 N–H and O–H groups in total.